The molecule has 1 amide bonds. The molecule has 110 valence electrons. The van der Waals surface area contributed by atoms with Gasteiger partial charge in [0.05, 0.1) is 0 Å². The lowest BCUT2D eigenvalue weighted by molar-refractivity contribution is 0.0635. The van der Waals surface area contributed by atoms with Crippen molar-refractivity contribution in [1.29, 1.82) is 0 Å². The van der Waals surface area contributed by atoms with E-state index in [1.54, 1.807) is 0 Å². The number of ether oxygens (including phenoxy) is 1. The third-order valence-corrected chi connectivity index (χ3v) is 3.84. The van der Waals surface area contributed by atoms with Crippen LogP contribution in [-0.2, 0) is 4.74 Å². The van der Waals surface area contributed by atoms with E-state index in [1.165, 1.54) is 0 Å². The minimum absolute atomic E-state index is 0.0751. The van der Waals surface area contributed by atoms with Crippen molar-refractivity contribution in [2.45, 2.75) is 52.2 Å². The van der Waals surface area contributed by atoms with Crippen LogP contribution in [0.4, 0.5) is 10.5 Å². The molecule has 0 bridgehead atoms. The molecule has 3 N–H and O–H groups in total. The Morgan fingerprint density at radius 2 is 1.85 bits per heavy atom. The SMILES string of the molecule is CC(C)(C)OC(=O)Nc1ccccc1C1C(N)C1(C)C. The van der Waals surface area contributed by atoms with Crippen LogP contribution in [0.15, 0.2) is 24.3 Å². The maximum absolute atomic E-state index is 11.9. The summed E-state index contributed by atoms with van der Waals surface area (Å²) in [4.78, 5) is 11.9. The quantitative estimate of drug-likeness (QED) is 0.869. The second-order valence-electron chi connectivity index (χ2n) is 7.04. The molecule has 1 aliphatic rings. The number of benzene rings is 1. The van der Waals surface area contributed by atoms with Gasteiger partial charge in [0, 0.05) is 17.6 Å². The van der Waals surface area contributed by atoms with Crippen LogP contribution in [0.5, 0.6) is 0 Å². The molecule has 0 radical (unpaired) electrons. The Kier molecular flexibility index (Phi) is 3.54. The number of rotatable bonds is 2. The van der Waals surface area contributed by atoms with E-state index in [9.17, 15) is 4.79 Å². The minimum Gasteiger partial charge on any atom is -0.444 e. The first-order valence-electron chi connectivity index (χ1n) is 6.97. The Bertz CT molecular complexity index is 517. The molecule has 0 aromatic heterocycles. The van der Waals surface area contributed by atoms with Crippen LogP contribution < -0.4 is 11.1 Å². The molecule has 1 fully saturated rings. The summed E-state index contributed by atoms with van der Waals surface area (Å²) < 4.78 is 5.29. The topological polar surface area (TPSA) is 64.3 Å². The van der Waals surface area contributed by atoms with Gasteiger partial charge in [0.25, 0.3) is 0 Å². The van der Waals surface area contributed by atoms with Gasteiger partial charge in [0.2, 0.25) is 0 Å². The zero-order chi connectivity index (χ0) is 15.1. The minimum atomic E-state index is -0.506. The lowest BCUT2D eigenvalue weighted by Gasteiger charge is -2.20. The molecule has 2 unspecified atom stereocenters. The number of para-hydroxylation sites is 1. The molecule has 1 aromatic rings. The predicted octanol–water partition coefficient (Wildman–Crippen LogP) is 3.48. The average molecular weight is 276 g/mol. The van der Waals surface area contributed by atoms with Gasteiger partial charge < -0.3 is 10.5 Å². The van der Waals surface area contributed by atoms with Crippen LogP contribution in [-0.4, -0.2) is 17.7 Å². The standard InChI is InChI=1S/C16H24N2O2/c1-15(2,3)20-14(19)18-11-9-7-6-8-10(11)12-13(17)16(12,4)5/h6-9,12-13H,17H2,1-5H3,(H,18,19). The highest BCUT2D eigenvalue weighted by atomic mass is 16.6. The maximum atomic E-state index is 11.9. The van der Waals surface area contributed by atoms with Crippen LogP contribution in [0.2, 0.25) is 0 Å². The van der Waals surface area contributed by atoms with Crippen molar-refractivity contribution in [1.82, 2.24) is 0 Å². The van der Waals surface area contributed by atoms with E-state index in [0.717, 1.165) is 11.3 Å². The van der Waals surface area contributed by atoms with E-state index in [1.807, 2.05) is 45.0 Å². The Morgan fingerprint density at radius 3 is 2.35 bits per heavy atom. The van der Waals surface area contributed by atoms with Crippen molar-refractivity contribution >= 4 is 11.8 Å². The van der Waals surface area contributed by atoms with E-state index < -0.39 is 11.7 Å². The summed E-state index contributed by atoms with van der Waals surface area (Å²) in [6.07, 6.45) is -0.433. The summed E-state index contributed by atoms with van der Waals surface area (Å²) in [5.41, 5.74) is 7.57. The number of carbonyl (C=O) groups excluding carboxylic acids is 1. The molecule has 2 rings (SSSR count). The smallest absolute Gasteiger partial charge is 0.412 e. The van der Waals surface area contributed by atoms with E-state index in [-0.39, 0.29) is 17.4 Å². The summed E-state index contributed by atoms with van der Waals surface area (Å²) in [7, 11) is 0. The fourth-order valence-electron chi connectivity index (χ4n) is 2.57. The first kappa shape index (κ1) is 14.9. The monoisotopic (exact) mass is 276 g/mol. The van der Waals surface area contributed by atoms with Gasteiger partial charge in [-0.15, -0.1) is 0 Å². The van der Waals surface area contributed by atoms with Gasteiger partial charge in [-0.05, 0) is 37.8 Å². The fourth-order valence-corrected chi connectivity index (χ4v) is 2.57. The van der Waals surface area contributed by atoms with Crippen molar-refractivity contribution in [3.05, 3.63) is 29.8 Å². The highest BCUT2D eigenvalue weighted by Gasteiger charge is 2.56. The fraction of sp³-hybridized carbons (Fsp3) is 0.562. The molecule has 0 spiro atoms. The third-order valence-electron chi connectivity index (χ3n) is 3.84. The lowest BCUT2D eigenvalue weighted by Crippen LogP contribution is -2.27. The Labute approximate surface area is 120 Å². The molecule has 0 saturated heterocycles. The van der Waals surface area contributed by atoms with Crippen molar-refractivity contribution in [2.24, 2.45) is 11.1 Å². The second-order valence-corrected chi connectivity index (χ2v) is 7.04. The predicted molar refractivity (Wildman–Crippen MR) is 80.8 cm³/mol. The summed E-state index contributed by atoms with van der Waals surface area (Å²) in [5.74, 6) is 0.272. The first-order valence-corrected chi connectivity index (χ1v) is 6.97. The zero-order valence-electron chi connectivity index (χ0n) is 12.9. The van der Waals surface area contributed by atoms with Crippen molar-refractivity contribution in [3.63, 3.8) is 0 Å². The highest BCUT2D eigenvalue weighted by molar-refractivity contribution is 5.86. The van der Waals surface area contributed by atoms with E-state index in [0.29, 0.717) is 0 Å². The van der Waals surface area contributed by atoms with E-state index >= 15 is 0 Å². The summed E-state index contributed by atoms with van der Waals surface area (Å²) in [5, 5.41) is 2.83. The largest absolute Gasteiger partial charge is 0.444 e. The van der Waals surface area contributed by atoms with Gasteiger partial charge in [-0.25, -0.2) is 4.79 Å². The number of anilines is 1. The second kappa shape index (κ2) is 4.77. The third kappa shape index (κ3) is 2.96. The maximum Gasteiger partial charge on any atom is 0.412 e. The number of hydrogen-bond donors (Lipinski definition) is 2. The summed E-state index contributed by atoms with van der Waals surface area (Å²) >= 11 is 0. The van der Waals surface area contributed by atoms with E-state index in [2.05, 4.69) is 19.2 Å². The molecule has 0 aliphatic heterocycles. The number of carbonyl (C=O) groups is 1. The van der Waals surface area contributed by atoms with Gasteiger partial charge in [0.15, 0.2) is 0 Å². The van der Waals surface area contributed by atoms with Crippen LogP contribution in [0.1, 0.15) is 46.1 Å². The number of hydrogen-bond acceptors (Lipinski definition) is 3. The van der Waals surface area contributed by atoms with Gasteiger partial charge in [-0.1, -0.05) is 32.0 Å². The molecular weight excluding hydrogens is 252 g/mol. The molecule has 4 heteroatoms. The first-order chi connectivity index (χ1) is 9.13. The highest BCUT2D eigenvalue weighted by Crippen LogP contribution is 2.58. The normalized spacial score (nSPS) is 24.1. The van der Waals surface area contributed by atoms with Crippen molar-refractivity contribution in [2.75, 3.05) is 5.32 Å². The summed E-state index contributed by atoms with van der Waals surface area (Å²) in [6, 6.07) is 7.91. The van der Waals surface area contributed by atoms with Crippen molar-refractivity contribution in [3.8, 4) is 0 Å². The molecular formula is C16H24N2O2. The lowest BCUT2D eigenvalue weighted by atomic mass is 10.0. The summed E-state index contributed by atoms with van der Waals surface area (Å²) in [6.45, 7) is 9.83. The molecule has 1 saturated carbocycles. The van der Waals surface area contributed by atoms with Crippen LogP contribution in [0, 0.1) is 5.41 Å². The Morgan fingerprint density at radius 1 is 1.30 bits per heavy atom. The van der Waals surface area contributed by atoms with Gasteiger partial charge in [0.1, 0.15) is 5.60 Å². The zero-order valence-corrected chi connectivity index (χ0v) is 12.9. The number of nitrogens with two attached hydrogens (primary N) is 1. The average Bonchev–Trinajstić information content (AvgIpc) is 2.76. The Hall–Kier alpha value is -1.55. The van der Waals surface area contributed by atoms with Gasteiger partial charge in [-0.3, -0.25) is 5.32 Å². The number of nitrogens with one attached hydrogen (secondary N) is 1. The van der Waals surface area contributed by atoms with Gasteiger partial charge in [-0.2, -0.15) is 0 Å². The molecule has 20 heavy (non-hydrogen) atoms. The molecule has 1 aliphatic carbocycles. The van der Waals surface area contributed by atoms with Gasteiger partial charge >= 0.3 is 6.09 Å². The molecule has 2 atom stereocenters. The van der Waals surface area contributed by atoms with E-state index in [4.69, 9.17) is 10.5 Å². The molecule has 4 nitrogen and oxygen atoms in total. The molecule has 1 aromatic carbocycles. The molecule has 0 heterocycles. The Balaban J connectivity index is 2.16. The number of amides is 1. The van der Waals surface area contributed by atoms with Crippen LogP contribution >= 0.6 is 0 Å². The van der Waals surface area contributed by atoms with Crippen LogP contribution in [0.3, 0.4) is 0 Å². The van der Waals surface area contributed by atoms with Crippen molar-refractivity contribution < 1.29 is 9.53 Å². The van der Waals surface area contributed by atoms with Crippen LogP contribution in [0.25, 0.3) is 0 Å².